The van der Waals surface area contributed by atoms with Crippen LogP contribution in [0.3, 0.4) is 0 Å². The van der Waals surface area contributed by atoms with Gasteiger partial charge in [0.2, 0.25) is 5.78 Å². The maximum Gasteiger partial charge on any atom is 0.309 e. The highest BCUT2D eigenvalue weighted by Gasteiger charge is 2.37. The van der Waals surface area contributed by atoms with Gasteiger partial charge in [0.15, 0.2) is 5.76 Å². The second-order valence-corrected chi connectivity index (χ2v) is 11.6. The molecule has 0 heterocycles. The zero-order valence-corrected chi connectivity index (χ0v) is 22.5. The molecule has 0 aromatic heterocycles. The third-order valence-electron chi connectivity index (χ3n) is 7.66. The molecule has 0 amide bonds. The smallest absolute Gasteiger partial charge is 0.309 e. The van der Waals surface area contributed by atoms with E-state index in [4.69, 9.17) is 0 Å². The minimum atomic E-state index is -0.738. The van der Waals surface area contributed by atoms with Crippen molar-refractivity contribution in [1.29, 1.82) is 0 Å². The van der Waals surface area contributed by atoms with Gasteiger partial charge in [-0.3, -0.25) is 9.59 Å². The zero-order chi connectivity index (χ0) is 25.6. The first-order valence-corrected chi connectivity index (χ1v) is 12.7. The summed E-state index contributed by atoms with van der Waals surface area (Å²) in [5.41, 5.74) is 1.78. The van der Waals surface area contributed by atoms with E-state index < -0.39 is 11.4 Å². The summed E-state index contributed by atoms with van der Waals surface area (Å²) in [6, 6.07) is 0. The van der Waals surface area contributed by atoms with Crippen molar-refractivity contribution in [3.05, 3.63) is 34.6 Å². The maximum absolute atomic E-state index is 12.6. The van der Waals surface area contributed by atoms with E-state index in [-0.39, 0.29) is 17.0 Å². The number of hydrogen-bond donors (Lipinski definition) is 2. The van der Waals surface area contributed by atoms with E-state index in [0.29, 0.717) is 29.7 Å². The molecule has 0 aromatic rings. The average Bonchev–Trinajstić information content (AvgIpc) is 2.73. The Bertz CT molecular complexity index is 796. The Morgan fingerprint density at radius 3 is 2.18 bits per heavy atom. The van der Waals surface area contributed by atoms with Crippen LogP contribution >= 0.6 is 0 Å². The van der Waals surface area contributed by atoms with E-state index in [9.17, 15) is 19.8 Å². The predicted molar refractivity (Wildman–Crippen MR) is 137 cm³/mol. The molecule has 0 spiro atoms. The highest BCUT2D eigenvalue weighted by molar-refractivity contribution is 6.06. The molecule has 4 heteroatoms. The van der Waals surface area contributed by atoms with E-state index in [0.717, 1.165) is 49.7 Å². The molecule has 0 saturated carbocycles. The lowest BCUT2D eigenvalue weighted by Gasteiger charge is -2.39. The molecule has 0 aliphatic heterocycles. The quantitative estimate of drug-likeness (QED) is 0.291. The molecule has 4 nitrogen and oxygen atoms in total. The number of aliphatic hydroxyl groups is 1. The number of carboxylic acid groups (broad SMARTS) is 1. The summed E-state index contributed by atoms with van der Waals surface area (Å²) in [6.07, 6.45) is 10.3. The topological polar surface area (TPSA) is 74.6 Å². The van der Waals surface area contributed by atoms with Gasteiger partial charge in [-0.15, -0.1) is 0 Å². The molecule has 1 rings (SSSR count). The standard InChI is InChI=1S/C29H48O4/c1-10-20(5)18-29(9,24-17-25(30)26(31)21(6)23(24)11-2)15-13-22(16-19(3)4)12-14-28(7,8)27(32)33/h11,17,19-20,22,31H,10,12-16,18H2,1-9H3,(H,32,33)/b23-11-/t20-,22?,29?/m0/s1. The Morgan fingerprint density at radius 2 is 1.70 bits per heavy atom. The van der Waals surface area contributed by atoms with Crippen LogP contribution in [0.25, 0.3) is 0 Å². The highest BCUT2D eigenvalue weighted by atomic mass is 16.4. The van der Waals surface area contributed by atoms with E-state index in [2.05, 4.69) is 34.6 Å². The zero-order valence-electron chi connectivity index (χ0n) is 22.5. The lowest BCUT2D eigenvalue weighted by molar-refractivity contribution is -0.147. The van der Waals surface area contributed by atoms with E-state index >= 15 is 0 Å². The summed E-state index contributed by atoms with van der Waals surface area (Å²) in [5.74, 6) is 0.319. The fraction of sp³-hybridized carbons (Fsp3) is 0.724. The average molecular weight is 461 g/mol. The first-order valence-electron chi connectivity index (χ1n) is 12.7. The number of aliphatic hydroxyl groups excluding tert-OH is 1. The Balaban J connectivity index is 3.23. The van der Waals surface area contributed by atoms with Gasteiger partial charge in [-0.05, 0) is 107 Å². The van der Waals surface area contributed by atoms with E-state index in [1.807, 2.05) is 33.8 Å². The van der Waals surface area contributed by atoms with Crippen LogP contribution in [0.4, 0.5) is 0 Å². The summed E-state index contributed by atoms with van der Waals surface area (Å²) in [5, 5.41) is 19.8. The van der Waals surface area contributed by atoms with E-state index in [1.165, 1.54) is 0 Å². The largest absolute Gasteiger partial charge is 0.504 e. The van der Waals surface area contributed by atoms with Crippen LogP contribution in [-0.4, -0.2) is 22.0 Å². The van der Waals surface area contributed by atoms with Gasteiger partial charge in [-0.1, -0.05) is 47.1 Å². The molecule has 0 radical (unpaired) electrons. The van der Waals surface area contributed by atoms with Gasteiger partial charge in [0.1, 0.15) is 0 Å². The van der Waals surface area contributed by atoms with E-state index in [1.54, 1.807) is 6.08 Å². The summed E-state index contributed by atoms with van der Waals surface area (Å²) in [6.45, 7) is 18.6. The number of allylic oxidation sites excluding steroid dienone is 5. The SMILES string of the molecule is C/C=C1\C(C(C)(CCC(CCC(C)(C)C(=O)O)CC(C)C)C[C@@H](C)CC)=CC(=O)C(O)=C1C. The molecule has 33 heavy (non-hydrogen) atoms. The molecular weight excluding hydrogens is 412 g/mol. The van der Waals surface area contributed by atoms with Crippen molar-refractivity contribution in [2.75, 3.05) is 0 Å². The second kappa shape index (κ2) is 12.0. The predicted octanol–water partition coefficient (Wildman–Crippen LogP) is 8.05. The number of carbonyl (C=O) groups excluding carboxylic acids is 1. The van der Waals surface area contributed by atoms with Crippen molar-refractivity contribution in [3.8, 4) is 0 Å². The van der Waals surface area contributed by atoms with Crippen molar-refractivity contribution in [2.45, 2.75) is 107 Å². The number of aliphatic carboxylic acids is 1. The Morgan fingerprint density at radius 1 is 1.12 bits per heavy atom. The molecule has 0 aromatic carbocycles. The molecular formula is C29H48O4. The number of carboxylic acids is 1. The Labute approximate surface area is 202 Å². The molecule has 1 aliphatic rings. The number of hydrogen-bond acceptors (Lipinski definition) is 3. The fourth-order valence-electron chi connectivity index (χ4n) is 5.16. The van der Waals surface area contributed by atoms with Crippen molar-refractivity contribution in [2.24, 2.45) is 28.6 Å². The molecule has 0 saturated heterocycles. The number of ketones is 1. The van der Waals surface area contributed by atoms with Gasteiger partial charge < -0.3 is 10.2 Å². The van der Waals surface area contributed by atoms with Crippen molar-refractivity contribution < 1.29 is 19.8 Å². The van der Waals surface area contributed by atoms with Crippen LogP contribution in [0.5, 0.6) is 0 Å². The van der Waals surface area contributed by atoms with Crippen LogP contribution in [0.15, 0.2) is 34.6 Å². The van der Waals surface area contributed by atoms with Gasteiger partial charge in [0.25, 0.3) is 0 Å². The minimum absolute atomic E-state index is 0.147. The lowest BCUT2D eigenvalue weighted by atomic mass is 9.65. The Kier molecular flexibility index (Phi) is 10.6. The van der Waals surface area contributed by atoms with Gasteiger partial charge >= 0.3 is 5.97 Å². The van der Waals surface area contributed by atoms with Crippen LogP contribution in [-0.2, 0) is 9.59 Å². The van der Waals surface area contributed by atoms with Crippen LogP contribution in [0, 0.1) is 28.6 Å². The molecule has 2 N–H and O–H groups in total. The first kappa shape index (κ1) is 29.2. The Hall–Kier alpha value is -1.84. The summed E-state index contributed by atoms with van der Waals surface area (Å²) in [4.78, 5) is 24.2. The van der Waals surface area contributed by atoms with Crippen LogP contribution < -0.4 is 0 Å². The lowest BCUT2D eigenvalue weighted by Crippen LogP contribution is -2.29. The second-order valence-electron chi connectivity index (χ2n) is 11.6. The monoisotopic (exact) mass is 460 g/mol. The summed E-state index contributed by atoms with van der Waals surface area (Å²) >= 11 is 0. The van der Waals surface area contributed by atoms with Gasteiger partial charge in [-0.25, -0.2) is 0 Å². The molecule has 3 atom stereocenters. The maximum atomic E-state index is 12.6. The fourth-order valence-corrected chi connectivity index (χ4v) is 5.16. The van der Waals surface area contributed by atoms with Gasteiger partial charge in [-0.2, -0.15) is 0 Å². The molecule has 0 bridgehead atoms. The highest BCUT2D eigenvalue weighted by Crippen LogP contribution is 2.47. The number of carbonyl (C=O) groups is 2. The van der Waals surface area contributed by atoms with Crippen molar-refractivity contribution in [3.63, 3.8) is 0 Å². The summed E-state index contributed by atoms with van der Waals surface area (Å²) < 4.78 is 0. The van der Waals surface area contributed by atoms with Gasteiger partial charge in [0, 0.05) is 5.57 Å². The summed E-state index contributed by atoms with van der Waals surface area (Å²) in [7, 11) is 0. The molecule has 0 fully saturated rings. The normalized spacial score (nSPS) is 20.1. The van der Waals surface area contributed by atoms with Crippen molar-refractivity contribution >= 4 is 11.8 Å². The third-order valence-corrected chi connectivity index (χ3v) is 7.66. The third kappa shape index (κ3) is 7.86. The van der Waals surface area contributed by atoms with Crippen molar-refractivity contribution in [1.82, 2.24) is 0 Å². The first-order chi connectivity index (χ1) is 15.2. The number of rotatable bonds is 13. The van der Waals surface area contributed by atoms with Gasteiger partial charge in [0.05, 0.1) is 5.41 Å². The molecule has 1 aliphatic carbocycles. The molecule has 2 unspecified atom stereocenters. The van der Waals surface area contributed by atoms with Crippen LogP contribution in [0.2, 0.25) is 0 Å². The van der Waals surface area contributed by atoms with Crippen LogP contribution in [0.1, 0.15) is 107 Å². The minimum Gasteiger partial charge on any atom is -0.504 e. The molecule has 188 valence electrons.